The third kappa shape index (κ3) is 6.25. The molecule has 6 nitrogen and oxygen atoms in total. The van der Waals surface area contributed by atoms with Gasteiger partial charge >= 0.3 is 6.09 Å². The fourth-order valence-electron chi connectivity index (χ4n) is 4.11. The summed E-state index contributed by atoms with van der Waals surface area (Å²) in [5.41, 5.74) is 3.42. The van der Waals surface area contributed by atoms with Gasteiger partial charge in [0.2, 0.25) is 5.91 Å². The molecule has 1 fully saturated rings. The molecule has 0 saturated carbocycles. The first-order valence-electron chi connectivity index (χ1n) is 11.1. The van der Waals surface area contributed by atoms with Gasteiger partial charge in [0.1, 0.15) is 6.04 Å². The van der Waals surface area contributed by atoms with Crippen LogP contribution >= 0.6 is 15.9 Å². The number of nitrogens with zero attached hydrogens (tertiary/aromatic N) is 1. The number of carbonyl (C=O) groups excluding carboxylic acids is 2. The fourth-order valence-corrected chi connectivity index (χ4v) is 4.37. The Hall–Kier alpha value is -2.54. The van der Waals surface area contributed by atoms with E-state index in [-0.39, 0.29) is 17.9 Å². The number of alkyl carbamates (subject to hydrolysis) is 1. The zero-order valence-corrected chi connectivity index (χ0v) is 20.5. The Kier molecular flexibility index (Phi) is 8.56. The van der Waals surface area contributed by atoms with Crippen molar-refractivity contribution in [3.8, 4) is 11.1 Å². The van der Waals surface area contributed by atoms with Crippen LogP contribution in [0.4, 0.5) is 10.5 Å². The summed E-state index contributed by atoms with van der Waals surface area (Å²) in [6.07, 6.45) is 2.27. The minimum Gasteiger partial charge on any atom is -0.453 e. The maximum Gasteiger partial charge on any atom is 0.407 e. The monoisotopic (exact) mass is 501 g/mol. The summed E-state index contributed by atoms with van der Waals surface area (Å²) in [6.45, 7) is 5.38. The van der Waals surface area contributed by atoms with Gasteiger partial charge in [0.05, 0.1) is 7.11 Å². The molecular formula is C25H32BrN3O3. The van der Waals surface area contributed by atoms with Crippen molar-refractivity contribution in [3.63, 3.8) is 0 Å². The molecule has 1 aliphatic heterocycles. The summed E-state index contributed by atoms with van der Waals surface area (Å²) >= 11 is 3.47. The summed E-state index contributed by atoms with van der Waals surface area (Å²) in [5, 5.41) is 6.17. The van der Waals surface area contributed by atoms with E-state index in [1.165, 1.54) is 18.2 Å². The van der Waals surface area contributed by atoms with Crippen molar-refractivity contribution >= 4 is 33.6 Å². The summed E-state index contributed by atoms with van der Waals surface area (Å²) in [5.74, 6) is -0.0306. The molecule has 1 aliphatic rings. The Morgan fingerprint density at radius 3 is 2.31 bits per heavy atom. The number of halogens is 1. The Morgan fingerprint density at radius 1 is 1.09 bits per heavy atom. The molecule has 3 rings (SSSR count). The van der Waals surface area contributed by atoms with E-state index in [9.17, 15) is 9.59 Å². The SMILES string of the molecule is COC(=O)NC(C(=O)N1CCCC1CCNc1ccc(-c2ccc(Br)cc2)cc1)C(C)C. The number of amides is 2. The number of anilines is 1. The van der Waals surface area contributed by atoms with Crippen molar-refractivity contribution in [1.82, 2.24) is 10.2 Å². The van der Waals surface area contributed by atoms with E-state index in [0.717, 1.165) is 42.5 Å². The third-order valence-electron chi connectivity index (χ3n) is 5.92. The molecule has 32 heavy (non-hydrogen) atoms. The lowest BCUT2D eigenvalue weighted by atomic mass is 10.0. The second-order valence-corrected chi connectivity index (χ2v) is 9.40. The predicted molar refractivity (Wildman–Crippen MR) is 132 cm³/mol. The summed E-state index contributed by atoms with van der Waals surface area (Å²) in [7, 11) is 1.31. The molecule has 0 radical (unpaired) electrons. The van der Waals surface area contributed by atoms with Crippen molar-refractivity contribution in [1.29, 1.82) is 0 Å². The topological polar surface area (TPSA) is 70.7 Å². The Bertz CT molecular complexity index is 900. The third-order valence-corrected chi connectivity index (χ3v) is 6.45. The molecule has 0 bridgehead atoms. The average molecular weight is 502 g/mol. The van der Waals surface area contributed by atoms with Crippen molar-refractivity contribution < 1.29 is 14.3 Å². The zero-order valence-electron chi connectivity index (χ0n) is 18.9. The molecule has 1 heterocycles. The highest BCUT2D eigenvalue weighted by Crippen LogP contribution is 2.25. The van der Waals surface area contributed by atoms with Crippen LogP contribution in [0.25, 0.3) is 11.1 Å². The lowest BCUT2D eigenvalue weighted by molar-refractivity contribution is -0.135. The van der Waals surface area contributed by atoms with E-state index in [2.05, 4.69) is 63.0 Å². The Balaban J connectivity index is 1.54. The van der Waals surface area contributed by atoms with Crippen molar-refractivity contribution in [3.05, 3.63) is 53.0 Å². The van der Waals surface area contributed by atoms with Crippen molar-refractivity contribution in [2.24, 2.45) is 5.92 Å². The molecule has 2 N–H and O–H groups in total. The molecule has 0 aliphatic carbocycles. The van der Waals surface area contributed by atoms with Crippen LogP contribution in [0, 0.1) is 5.92 Å². The lowest BCUT2D eigenvalue weighted by Crippen LogP contribution is -2.52. The van der Waals surface area contributed by atoms with E-state index in [1.54, 1.807) is 0 Å². The minimum atomic E-state index is -0.568. The summed E-state index contributed by atoms with van der Waals surface area (Å²) in [4.78, 5) is 26.7. The van der Waals surface area contributed by atoms with Crippen LogP contribution in [0.1, 0.15) is 33.1 Å². The highest BCUT2D eigenvalue weighted by Gasteiger charge is 2.35. The Morgan fingerprint density at radius 2 is 1.72 bits per heavy atom. The largest absolute Gasteiger partial charge is 0.453 e. The second kappa shape index (κ2) is 11.4. The first-order valence-corrected chi connectivity index (χ1v) is 11.9. The van der Waals surface area contributed by atoms with E-state index < -0.39 is 12.1 Å². The smallest absolute Gasteiger partial charge is 0.407 e. The number of carbonyl (C=O) groups is 2. The maximum atomic E-state index is 13.1. The van der Waals surface area contributed by atoms with Gasteiger partial charge in [-0.25, -0.2) is 4.79 Å². The van der Waals surface area contributed by atoms with Gasteiger partial charge in [-0.2, -0.15) is 0 Å². The predicted octanol–water partition coefficient (Wildman–Crippen LogP) is 5.29. The number of nitrogens with one attached hydrogen (secondary N) is 2. The number of hydrogen-bond acceptors (Lipinski definition) is 4. The first-order chi connectivity index (χ1) is 15.4. The van der Waals surface area contributed by atoms with E-state index in [0.29, 0.717) is 0 Å². The van der Waals surface area contributed by atoms with Crippen LogP contribution in [0.2, 0.25) is 0 Å². The molecule has 172 valence electrons. The van der Waals surface area contributed by atoms with E-state index >= 15 is 0 Å². The van der Waals surface area contributed by atoms with Crippen LogP contribution in [0.3, 0.4) is 0 Å². The van der Waals surface area contributed by atoms with Crippen LogP contribution in [0.5, 0.6) is 0 Å². The first kappa shape index (κ1) is 24.1. The quantitative estimate of drug-likeness (QED) is 0.515. The Labute approximate surface area is 198 Å². The normalized spacial score (nSPS) is 16.7. The van der Waals surface area contributed by atoms with Gasteiger partial charge in [0.25, 0.3) is 0 Å². The van der Waals surface area contributed by atoms with Gasteiger partial charge in [-0.05, 0) is 60.6 Å². The summed E-state index contributed by atoms with van der Waals surface area (Å²) in [6, 6.07) is 16.3. The lowest BCUT2D eigenvalue weighted by Gasteiger charge is -2.31. The highest BCUT2D eigenvalue weighted by molar-refractivity contribution is 9.10. The molecule has 2 amide bonds. The number of rotatable bonds is 8. The highest BCUT2D eigenvalue weighted by atomic mass is 79.9. The fraction of sp³-hybridized carbons (Fsp3) is 0.440. The van der Waals surface area contributed by atoms with Gasteiger partial charge in [0, 0.05) is 29.3 Å². The average Bonchev–Trinajstić information content (AvgIpc) is 3.26. The standard InChI is InChI=1S/C25H32BrN3O3/c1-17(2)23(28-25(31)32-3)24(30)29-16-4-5-22(29)14-15-27-21-12-8-19(9-13-21)18-6-10-20(26)11-7-18/h6-13,17,22-23,27H,4-5,14-16H2,1-3H3,(H,28,31). The van der Waals surface area contributed by atoms with Crippen LogP contribution in [0.15, 0.2) is 53.0 Å². The number of ether oxygens (including phenoxy) is 1. The van der Waals surface area contributed by atoms with Gasteiger partial charge in [-0.1, -0.05) is 54.0 Å². The summed E-state index contributed by atoms with van der Waals surface area (Å²) < 4.78 is 5.76. The molecule has 2 unspecified atom stereocenters. The maximum absolute atomic E-state index is 13.1. The van der Waals surface area contributed by atoms with Crippen LogP contribution < -0.4 is 10.6 Å². The second-order valence-electron chi connectivity index (χ2n) is 8.48. The number of hydrogen-bond donors (Lipinski definition) is 2. The van der Waals surface area contributed by atoms with E-state index in [4.69, 9.17) is 4.74 Å². The molecule has 2 atom stereocenters. The molecule has 0 spiro atoms. The molecule has 2 aromatic rings. The molecule has 1 saturated heterocycles. The molecule has 0 aromatic heterocycles. The van der Waals surface area contributed by atoms with Crippen LogP contribution in [-0.4, -0.2) is 49.2 Å². The minimum absolute atomic E-state index is 0.00906. The molecule has 2 aromatic carbocycles. The number of methoxy groups -OCH3 is 1. The molecular weight excluding hydrogens is 470 g/mol. The number of likely N-dealkylation sites (tertiary alicyclic amines) is 1. The van der Waals surface area contributed by atoms with Gasteiger partial charge < -0.3 is 20.3 Å². The van der Waals surface area contributed by atoms with E-state index in [1.807, 2.05) is 30.9 Å². The van der Waals surface area contributed by atoms with Gasteiger partial charge in [-0.15, -0.1) is 0 Å². The van der Waals surface area contributed by atoms with Gasteiger partial charge in [-0.3, -0.25) is 4.79 Å². The van der Waals surface area contributed by atoms with Gasteiger partial charge in [0.15, 0.2) is 0 Å². The zero-order chi connectivity index (χ0) is 23.1. The van der Waals surface area contributed by atoms with Crippen LogP contribution in [-0.2, 0) is 9.53 Å². The number of benzene rings is 2. The van der Waals surface area contributed by atoms with Crippen molar-refractivity contribution in [2.75, 3.05) is 25.5 Å². The van der Waals surface area contributed by atoms with Crippen molar-refractivity contribution in [2.45, 2.75) is 45.2 Å². The molecule has 7 heteroatoms.